The number of hydrogen-bond donors (Lipinski definition) is 1. The Balaban J connectivity index is -0.000000250. The molecular weight excluding hydrogens is 562 g/mol. The molecule has 0 atom stereocenters. The van der Waals surface area contributed by atoms with Gasteiger partial charge in [-0.3, -0.25) is 19.2 Å². The highest BCUT2D eigenvalue weighted by molar-refractivity contribution is 5.88. The summed E-state index contributed by atoms with van der Waals surface area (Å²) in [5.74, 6) is 0.801. The smallest absolute Gasteiger partial charge is 0.228 e. The second-order valence-corrected chi connectivity index (χ2v) is 20.4. The summed E-state index contributed by atoms with van der Waals surface area (Å²) < 4.78 is 0. The summed E-state index contributed by atoms with van der Waals surface area (Å²) in [6, 6.07) is 0. The van der Waals surface area contributed by atoms with Gasteiger partial charge in [-0.05, 0) is 62.3 Å². The Morgan fingerprint density at radius 3 is 0.644 bits per heavy atom. The molecule has 0 saturated heterocycles. The monoisotopic (exact) mass is 642 g/mol. The maximum absolute atomic E-state index is 11.7. The summed E-state index contributed by atoms with van der Waals surface area (Å²) in [6.45, 7) is 47.3. The van der Waals surface area contributed by atoms with Crippen LogP contribution in [0.3, 0.4) is 0 Å². The van der Waals surface area contributed by atoms with Crippen LogP contribution in [0.1, 0.15) is 166 Å². The molecule has 7 heteroatoms. The van der Waals surface area contributed by atoms with Gasteiger partial charge in [-0.15, -0.1) is 0 Å². The average Bonchev–Trinajstić information content (AvgIpc) is 2.72. The van der Waals surface area contributed by atoms with Gasteiger partial charge in [0.15, 0.2) is 0 Å². The van der Waals surface area contributed by atoms with E-state index in [0.717, 1.165) is 0 Å². The van der Waals surface area contributed by atoms with Gasteiger partial charge in [0, 0.05) is 57.8 Å². The average molecular weight is 642 g/mol. The zero-order valence-corrected chi connectivity index (χ0v) is 35.0. The van der Waals surface area contributed by atoms with Crippen LogP contribution in [0, 0.1) is 27.1 Å². The van der Waals surface area contributed by atoms with Gasteiger partial charge in [0.1, 0.15) is 5.78 Å². The molecule has 0 aromatic rings. The molecule has 3 amide bonds. The molecule has 0 aromatic carbocycles. The Bertz CT molecular complexity index is 881. The Labute approximate surface area is 281 Å². The van der Waals surface area contributed by atoms with Crippen molar-refractivity contribution in [1.82, 2.24) is 15.1 Å². The fourth-order valence-corrected chi connectivity index (χ4v) is 3.27. The van der Waals surface area contributed by atoms with E-state index in [0.29, 0.717) is 5.78 Å². The third kappa shape index (κ3) is 24.0. The number of carbonyl (C=O) groups excluding carboxylic acids is 4. The molecule has 0 aliphatic rings. The van der Waals surface area contributed by atoms with Crippen LogP contribution in [0.15, 0.2) is 0 Å². The zero-order chi connectivity index (χ0) is 38.2. The van der Waals surface area contributed by atoms with Gasteiger partial charge >= 0.3 is 0 Å². The predicted octanol–water partition coefficient (Wildman–Crippen LogP) is 9.17. The minimum atomic E-state index is -0.284. The van der Waals surface area contributed by atoms with Crippen LogP contribution in [0.25, 0.3) is 0 Å². The van der Waals surface area contributed by atoms with E-state index in [4.69, 9.17) is 0 Å². The molecule has 0 saturated carbocycles. The van der Waals surface area contributed by atoms with Crippen LogP contribution < -0.4 is 5.32 Å². The van der Waals surface area contributed by atoms with Crippen LogP contribution in [0.2, 0.25) is 0 Å². The molecule has 0 radical (unpaired) electrons. The van der Waals surface area contributed by atoms with Gasteiger partial charge in [-0.25, -0.2) is 0 Å². The predicted molar refractivity (Wildman–Crippen MR) is 195 cm³/mol. The van der Waals surface area contributed by atoms with Gasteiger partial charge in [-0.2, -0.15) is 0 Å². The number of rotatable bonds is 0. The lowest BCUT2D eigenvalue weighted by Gasteiger charge is -2.36. The summed E-state index contributed by atoms with van der Waals surface area (Å²) in [4.78, 5) is 49.9. The lowest BCUT2D eigenvalue weighted by Crippen LogP contribution is -2.47. The summed E-state index contributed by atoms with van der Waals surface area (Å²) in [5.41, 5.74) is -1.51. The molecule has 0 aliphatic heterocycles. The number of ketones is 1. The SMILES string of the molecule is CC(C)(C)C(=O)C(C)(C)C.CC(C)(C)NC(=O)C(C)(C)C.CN(C(=O)C(C)(C)C)C(C)(C)C.CN(C(=O)C(C)(C)C)C(C)(C)C. The summed E-state index contributed by atoms with van der Waals surface area (Å²) >= 11 is 0. The zero-order valence-electron chi connectivity index (χ0n) is 35.0. The molecule has 0 aliphatic carbocycles. The number of Topliss-reactive ketones (excluding diaryl/α,β-unsaturated/α-hetero) is 1. The quantitative estimate of drug-likeness (QED) is 0.286. The first-order valence-electron chi connectivity index (χ1n) is 16.4. The van der Waals surface area contributed by atoms with Crippen molar-refractivity contribution in [1.29, 1.82) is 0 Å². The van der Waals surface area contributed by atoms with Crippen molar-refractivity contribution in [2.45, 2.75) is 183 Å². The highest BCUT2D eigenvalue weighted by Crippen LogP contribution is 2.28. The van der Waals surface area contributed by atoms with E-state index in [1.165, 1.54) is 0 Å². The van der Waals surface area contributed by atoms with Crippen molar-refractivity contribution >= 4 is 23.5 Å². The van der Waals surface area contributed by atoms with E-state index < -0.39 is 0 Å². The van der Waals surface area contributed by atoms with E-state index in [9.17, 15) is 19.2 Å². The number of carbonyl (C=O) groups is 4. The summed E-state index contributed by atoms with van der Waals surface area (Å²) in [5, 5.41) is 2.92. The van der Waals surface area contributed by atoms with Crippen LogP contribution in [-0.4, -0.2) is 64.0 Å². The number of nitrogens with zero attached hydrogens (tertiary/aromatic N) is 2. The first kappa shape index (κ1) is 49.9. The Hall–Kier alpha value is -1.92. The van der Waals surface area contributed by atoms with E-state index in [1.807, 2.05) is 180 Å². The second kappa shape index (κ2) is 16.8. The fourth-order valence-electron chi connectivity index (χ4n) is 3.27. The molecule has 0 aromatic heterocycles. The molecule has 270 valence electrons. The molecule has 0 rings (SSSR count). The largest absolute Gasteiger partial charge is 0.351 e. The van der Waals surface area contributed by atoms with Gasteiger partial charge in [0.2, 0.25) is 17.7 Å². The van der Waals surface area contributed by atoms with E-state index in [1.54, 1.807) is 9.80 Å². The van der Waals surface area contributed by atoms with Crippen molar-refractivity contribution in [3.8, 4) is 0 Å². The Morgan fingerprint density at radius 1 is 0.378 bits per heavy atom. The number of nitrogens with one attached hydrogen (secondary N) is 1. The summed E-state index contributed by atoms with van der Waals surface area (Å²) in [6.07, 6.45) is 0. The van der Waals surface area contributed by atoms with Gasteiger partial charge in [-0.1, -0.05) is 104 Å². The maximum Gasteiger partial charge on any atom is 0.228 e. The maximum atomic E-state index is 11.7. The van der Waals surface area contributed by atoms with Crippen molar-refractivity contribution in [2.75, 3.05) is 14.1 Å². The topological polar surface area (TPSA) is 86.8 Å². The van der Waals surface area contributed by atoms with E-state index in [2.05, 4.69) is 5.32 Å². The number of hydrogen-bond acceptors (Lipinski definition) is 4. The fraction of sp³-hybridized carbons (Fsp3) is 0.895. The summed E-state index contributed by atoms with van der Waals surface area (Å²) in [7, 11) is 3.71. The molecule has 1 N–H and O–H groups in total. The van der Waals surface area contributed by atoms with Crippen molar-refractivity contribution < 1.29 is 19.2 Å². The van der Waals surface area contributed by atoms with Crippen LogP contribution in [-0.2, 0) is 19.2 Å². The van der Waals surface area contributed by atoms with Crippen molar-refractivity contribution in [2.24, 2.45) is 27.1 Å². The molecule has 45 heavy (non-hydrogen) atoms. The highest BCUT2D eigenvalue weighted by atomic mass is 16.2. The second-order valence-electron chi connectivity index (χ2n) is 20.4. The third-order valence-electron chi connectivity index (χ3n) is 6.44. The van der Waals surface area contributed by atoms with Gasteiger partial charge in [0.25, 0.3) is 0 Å². The molecule has 0 heterocycles. The molecular formula is C38H79N3O4. The molecule has 0 bridgehead atoms. The van der Waals surface area contributed by atoms with Crippen LogP contribution in [0.5, 0.6) is 0 Å². The van der Waals surface area contributed by atoms with Crippen molar-refractivity contribution in [3.05, 3.63) is 0 Å². The lowest BCUT2D eigenvalue weighted by molar-refractivity contribution is -0.143. The first-order valence-corrected chi connectivity index (χ1v) is 16.4. The van der Waals surface area contributed by atoms with E-state index >= 15 is 0 Å². The third-order valence-corrected chi connectivity index (χ3v) is 6.44. The standard InChI is InChI=1S/2C10H21NO.C9H19NO.C9H18O/c2*1-9(2,3)8(12)11(7)10(4,5)6;1-8(2,3)7(11)10-9(4,5)6;1-8(2,3)7(10)9(4,5)6/h2*1-7H3;1-6H3,(H,10,11);1-6H3. The molecule has 7 nitrogen and oxygen atoms in total. The first-order chi connectivity index (χ1) is 18.9. The van der Waals surface area contributed by atoms with Gasteiger partial charge in [0.05, 0.1) is 0 Å². The van der Waals surface area contributed by atoms with Gasteiger partial charge < -0.3 is 15.1 Å². The van der Waals surface area contributed by atoms with E-state index in [-0.39, 0.29) is 61.4 Å². The Kier molecular flexibility index (Phi) is 18.6. The van der Waals surface area contributed by atoms with Crippen molar-refractivity contribution in [3.63, 3.8) is 0 Å². The Morgan fingerprint density at radius 2 is 0.600 bits per heavy atom. The van der Waals surface area contributed by atoms with Crippen LogP contribution in [0.4, 0.5) is 0 Å². The molecule has 0 fully saturated rings. The highest BCUT2D eigenvalue weighted by Gasteiger charge is 2.33. The minimum absolute atomic E-state index is 0.0790. The lowest BCUT2D eigenvalue weighted by atomic mass is 9.76. The van der Waals surface area contributed by atoms with Crippen LogP contribution >= 0.6 is 0 Å². The minimum Gasteiger partial charge on any atom is -0.351 e. The normalized spacial score (nSPS) is 13.0. The molecule has 0 unspecified atom stereocenters. The number of amides is 3. The molecule has 0 spiro atoms.